The Labute approximate surface area is 111 Å². The maximum Gasteiger partial charge on any atom is 0.266 e. The molecule has 0 aliphatic rings. The molecule has 102 valence electrons. The number of hydrogen-bond donors (Lipinski definition) is 2. The van der Waals surface area contributed by atoms with Crippen LogP contribution in [0.1, 0.15) is 6.92 Å². The molecule has 0 aliphatic carbocycles. The molecule has 0 atom stereocenters. The van der Waals surface area contributed by atoms with Crippen LogP contribution in [0.5, 0.6) is 0 Å². The van der Waals surface area contributed by atoms with Crippen LogP contribution >= 0.6 is 0 Å². The molecule has 1 aromatic heterocycles. The van der Waals surface area contributed by atoms with Crippen LogP contribution in [0.2, 0.25) is 0 Å². The van der Waals surface area contributed by atoms with Crippen molar-refractivity contribution in [1.82, 2.24) is 14.8 Å². The summed E-state index contributed by atoms with van der Waals surface area (Å²) in [6.07, 6.45) is 1.29. The normalized spacial score (nSPS) is 11.3. The van der Waals surface area contributed by atoms with Crippen LogP contribution in [-0.4, -0.2) is 29.7 Å². The zero-order valence-corrected chi connectivity index (χ0v) is 11.5. The van der Waals surface area contributed by atoms with Crippen molar-refractivity contribution < 1.29 is 8.42 Å². The Kier molecular flexibility index (Phi) is 3.70. The Morgan fingerprint density at radius 2 is 2.05 bits per heavy atom. The van der Waals surface area contributed by atoms with Gasteiger partial charge in [0.25, 0.3) is 10.0 Å². The molecule has 0 saturated heterocycles. The number of benzene rings is 1. The van der Waals surface area contributed by atoms with Crippen LogP contribution in [0.15, 0.2) is 35.5 Å². The predicted octanol–water partition coefficient (Wildman–Crippen LogP) is 1.05. The van der Waals surface area contributed by atoms with Gasteiger partial charge in [-0.2, -0.15) is 10.1 Å². The average Bonchev–Trinajstić information content (AvgIpc) is 2.75. The van der Waals surface area contributed by atoms with E-state index in [1.165, 1.54) is 17.1 Å². The van der Waals surface area contributed by atoms with Gasteiger partial charge in [-0.1, -0.05) is 12.1 Å². The van der Waals surface area contributed by atoms with Crippen molar-refractivity contribution in [2.24, 2.45) is 7.05 Å². The minimum atomic E-state index is -3.69. The zero-order valence-electron chi connectivity index (χ0n) is 10.7. The van der Waals surface area contributed by atoms with E-state index in [4.69, 9.17) is 0 Å². The fourth-order valence-corrected chi connectivity index (χ4v) is 2.82. The van der Waals surface area contributed by atoms with Gasteiger partial charge in [0.1, 0.15) is 11.2 Å². The summed E-state index contributed by atoms with van der Waals surface area (Å²) in [5, 5.41) is 6.83. The summed E-state index contributed by atoms with van der Waals surface area (Å²) in [6.45, 7) is 2.54. The van der Waals surface area contributed by atoms with Crippen LogP contribution in [0.4, 0.5) is 11.6 Å². The molecule has 0 bridgehead atoms. The molecule has 0 saturated carbocycles. The topological polar surface area (TPSA) is 88.9 Å². The maximum absolute atomic E-state index is 12.3. The number of sulfonamides is 1. The van der Waals surface area contributed by atoms with Gasteiger partial charge in [-0.25, -0.2) is 17.8 Å². The van der Waals surface area contributed by atoms with Gasteiger partial charge in [-0.05, 0) is 19.1 Å². The number of aromatic nitrogens is 3. The highest BCUT2D eigenvalue weighted by Gasteiger charge is 2.19. The minimum absolute atomic E-state index is 0.173. The number of nitrogens with zero attached hydrogens (tertiary/aromatic N) is 3. The van der Waals surface area contributed by atoms with Crippen LogP contribution < -0.4 is 10.0 Å². The number of para-hydroxylation sites is 1. The van der Waals surface area contributed by atoms with Gasteiger partial charge >= 0.3 is 0 Å². The molecule has 0 amide bonds. The average molecular weight is 281 g/mol. The summed E-state index contributed by atoms with van der Waals surface area (Å²) < 4.78 is 28.4. The molecule has 2 aromatic rings. The largest absolute Gasteiger partial charge is 0.384 e. The number of hydrogen-bond acceptors (Lipinski definition) is 5. The molecule has 2 N–H and O–H groups in total. The molecule has 0 aliphatic heterocycles. The summed E-state index contributed by atoms with van der Waals surface area (Å²) in [5.74, 6) is 0.173. The van der Waals surface area contributed by atoms with E-state index in [0.717, 1.165) is 0 Å². The van der Waals surface area contributed by atoms with Gasteiger partial charge in [0.2, 0.25) is 5.95 Å². The molecule has 0 fully saturated rings. The van der Waals surface area contributed by atoms with E-state index in [-0.39, 0.29) is 10.8 Å². The third-order valence-corrected chi connectivity index (χ3v) is 3.87. The van der Waals surface area contributed by atoms with Crippen LogP contribution in [0.3, 0.4) is 0 Å². The Morgan fingerprint density at radius 1 is 1.32 bits per heavy atom. The Bertz CT molecular complexity index is 665. The Balaban J connectivity index is 2.37. The number of nitrogens with one attached hydrogen (secondary N) is 2. The molecule has 0 unspecified atom stereocenters. The molecule has 7 nitrogen and oxygen atoms in total. The SMILES string of the molecule is CCNc1ccccc1S(=O)(=O)Nc1ncnn1C. The molecule has 1 heterocycles. The van der Waals surface area contributed by atoms with Gasteiger partial charge in [0.15, 0.2) is 0 Å². The van der Waals surface area contributed by atoms with Crippen LogP contribution in [0, 0.1) is 0 Å². The smallest absolute Gasteiger partial charge is 0.266 e. The van der Waals surface area contributed by atoms with E-state index in [1.807, 2.05) is 6.92 Å². The van der Waals surface area contributed by atoms with Crippen molar-refractivity contribution >= 4 is 21.7 Å². The van der Waals surface area contributed by atoms with Crippen molar-refractivity contribution in [3.8, 4) is 0 Å². The quantitative estimate of drug-likeness (QED) is 0.855. The molecule has 8 heteroatoms. The second-order valence-corrected chi connectivity index (χ2v) is 5.49. The van der Waals surface area contributed by atoms with Gasteiger partial charge in [0, 0.05) is 13.6 Å². The van der Waals surface area contributed by atoms with Gasteiger partial charge in [-0.15, -0.1) is 0 Å². The summed E-state index contributed by atoms with van der Waals surface area (Å²) >= 11 is 0. The van der Waals surface area contributed by atoms with E-state index in [2.05, 4.69) is 20.1 Å². The third-order valence-electron chi connectivity index (χ3n) is 2.48. The van der Waals surface area contributed by atoms with Crippen molar-refractivity contribution in [2.75, 3.05) is 16.6 Å². The first-order valence-electron chi connectivity index (χ1n) is 5.74. The molecule has 19 heavy (non-hydrogen) atoms. The Hall–Kier alpha value is -2.09. The monoisotopic (exact) mass is 281 g/mol. The lowest BCUT2D eigenvalue weighted by Crippen LogP contribution is -2.17. The lowest BCUT2D eigenvalue weighted by Gasteiger charge is -2.12. The van der Waals surface area contributed by atoms with E-state index >= 15 is 0 Å². The first-order valence-corrected chi connectivity index (χ1v) is 7.22. The molecular weight excluding hydrogens is 266 g/mol. The summed E-state index contributed by atoms with van der Waals surface area (Å²) in [4.78, 5) is 4.02. The Morgan fingerprint density at radius 3 is 2.68 bits per heavy atom. The maximum atomic E-state index is 12.3. The fraction of sp³-hybridized carbons (Fsp3) is 0.273. The summed E-state index contributed by atoms with van der Waals surface area (Å²) in [7, 11) is -2.08. The zero-order chi connectivity index (χ0) is 13.9. The summed E-state index contributed by atoms with van der Waals surface area (Å²) in [6, 6.07) is 6.71. The summed E-state index contributed by atoms with van der Waals surface area (Å²) in [5.41, 5.74) is 0.555. The van der Waals surface area contributed by atoms with Gasteiger partial charge < -0.3 is 5.32 Å². The predicted molar refractivity (Wildman–Crippen MR) is 72.4 cm³/mol. The first kappa shape index (κ1) is 13.3. The van der Waals surface area contributed by atoms with Gasteiger partial charge in [-0.3, -0.25) is 0 Å². The highest BCUT2D eigenvalue weighted by atomic mass is 32.2. The molecule has 0 radical (unpaired) electrons. The highest BCUT2D eigenvalue weighted by Crippen LogP contribution is 2.22. The van der Waals surface area contributed by atoms with E-state index < -0.39 is 10.0 Å². The second-order valence-electron chi connectivity index (χ2n) is 3.84. The third kappa shape index (κ3) is 2.84. The van der Waals surface area contributed by atoms with E-state index in [9.17, 15) is 8.42 Å². The van der Waals surface area contributed by atoms with Crippen LogP contribution in [-0.2, 0) is 17.1 Å². The van der Waals surface area contributed by atoms with Crippen molar-refractivity contribution in [2.45, 2.75) is 11.8 Å². The first-order chi connectivity index (χ1) is 9.04. The molecule has 2 rings (SSSR count). The van der Waals surface area contributed by atoms with Crippen LogP contribution in [0.25, 0.3) is 0 Å². The minimum Gasteiger partial charge on any atom is -0.384 e. The second kappa shape index (κ2) is 5.27. The number of anilines is 2. The number of aryl methyl sites for hydroxylation is 1. The van der Waals surface area contributed by atoms with Crippen molar-refractivity contribution in [3.05, 3.63) is 30.6 Å². The number of rotatable bonds is 5. The van der Waals surface area contributed by atoms with Gasteiger partial charge in [0.05, 0.1) is 5.69 Å². The highest BCUT2D eigenvalue weighted by molar-refractivity contribution is 7.92. The van der Waals surface area contributed by atoms with Crippen molar-refractivity contribution in [1.29, 1.82) is 0 Å². The van der Waals surface area contributed by atoms with E-state index in [0.29, 0.717) is 12.2 Å². The lowest BCUT2D eigenvalue weighted by atomic mass is 10.3. The van der Waals surface area contributed by atoms with E-state index in [1.54, 1.807) is 25.2 Å². The molecule has 0 spiro atoms. The fourth-order valence-electron chi connectivity index (χ4n) is 1.60. The standard InChI is InChI=1S/C11H15N5O2S/c1-3-12-9-6-4-5-7-10(9)19(17,18)15-11-13-8-14-16(11)2/h4-8,12H,3H2,1-2H3,(H,13,14,15). The molecular formula is C11H15N5O2S. The van der Waals surface area contributed by atoms with Crippen molar-refractivity contribution in [3.63, 3.8) is 0 Å². The molecule has 1 aromatic carbocycles. The lowest BCUT2D eigenvalue weighted by molar-refractivity contribution is 0.600.